The Morgan fingerprint density at radius 3 is 2.62 bits per heavy atom. The lowest BCUT2D eigenvalue weighted by Crippen LogP contribution is -2.34. The first-order valence-corrected chi connectivity index (χ1v) is 8.93. The fourth-order valence-corrected chi connectivity index (χ4v) is 2.76. The predicted octanol–water partition coefficient (Wildman–Crippen LogP) is 1.50. The van der Waals surface area contributed by atoms with Crippen LogP contribution < -0.4 is 0 Å². The quantitative estimate of drug-likeness (QED) is 0.215. The highest BCUT2D eigenvalue weighted by Gasteiger charge is 2.38. The number of carbonyl (C=O) groups excluding carboxylic acids is 4. The van der Waals surface area contributed by atoms with Crippen LogP contribution in [-0.2, 0) is 28.7 Å². The van der Waals surface area contributed by atoms with Crippen molar-refractivity contribution in [1.29, 1.82) is 5.41 Å². The third kappa shape index (κ3) is 7.43. The Kier molecular flexibility index (Phi) is 9.72. The lowest BCUT2D eigenvalue weighted by Gasteiger charge is -2.16. The minimum absolute atomic E-state index is 0.0218. The molecule has 1 heterocycles. The molecule has 0 saturated carbocycles. The molecule has 1 aliphatic heterocycles. The van der Waals surface area contributed by atoms with Gasteiger partial charge in [0, 0.05) is 19.6 Å². The van der Waals surface area contributed by atoms with Gasteiger partial charge in [-0.1, -0.05) is 6.42 Å². The van der Waals surface area contributed by atoms with Gasteiger partial charge in [0.15, 0.2) is 6.40 Å². The van der Waals surface area contributed by atoms with Crippen molar-refractivity contribution >= 4 is 29.8 Å². The Hall–Kier alpha value is -2.09. The molecule has 0 aromatic heterocycles. The van der Waals surface area contributed by atoms with Crippen molar-refractivity contribution in [1.82, 2.24) is 4.90 Å². The molecule has 26 heavy (non-hydrogen) atoms. The summed E-state index contributed by atoms with van der Waals surface area (Å²) in [6, 6.07) is 0. The molecule has 1 N–H and O–H groups in total. The molecular formula is C18H28N2O6. The molecule has 0 aromatic carbocycles. The Balaban J connectivity index is 2.35. The number of amides is 2. The minimum atomic E-state index is -0.795. The maximum atomic E-state index is 12.3. The summed E-state index contributed by atoms with van der Waals surface area (Å²) in [5, 5.41) is 6.83. The van der Waals surface area contributed by atoms with Crippen LogP contribution in [0.2, 0.25) is 0 Å². The van der Waals surface area contributed by atoms with Gasteiger partial charge in [-0.05, 0) is 33.1 Å². The second kappa shape index (κ2) is 11.5. The second-order valence-electron chi connectivity index (χ2n) is 6.51. The van der Waals surface area contributed by atoms with Gasteiger partial charge < -0.3 is 14.3 Å². The number of hydrogen-bond donors (Lipinski definition) is 1. The van der Waals surface area contributed by atoms with Crippen LogP contribution in [-0.4, -0.2) is 60.5 Å². The van der Waals surface area contributed by atoms with E-state index in [1.807, 2.05) is 0 Å². The Labute approximate surface area is 153 Å². The average Bonchev–Trinajstić information content (AvgIpc) is 2.84. The normalized spacial score (nSPS) is 18.1. The minimum Gasteiger partial charge on any atom is -0.483 e. The molecule has 1 aliphatic rings. The van der Waals surface area contributed by atoms with Crippen LogP contribution >= 0.6 is 0 Å². The fourth-order valence-electron chi connectivity index (χ4n) is 2.76. The van der Waals surface area contributed by atoms with Crippen molar-refractivity contribution < 1.29 is 28.7 Å². The number of ether oxygens (including phenoxy) is 2. The van der Waals surface area contributed by atoms with Crippen LogP contribution in [0.4, 0.5) is 0 Å². The first kappa shape index (κ1) is 22.0. The highest BCUT2D eigenvalue weighted by atomic mass is 16.5. The number of nitrogens with zero attached hydrogens (tertiary/aromatic N) is 1. The average molecular weight is 368 g/mol. The van der Waals surface area contributed by atoms with Crippen LogP contribution in [0, 0.1) is 11.3 Å². The molecule has 0 bridgehead atoms. The van der Waals surface area contributed by atoms with E-state index in [1.165, 1.54) is 11.8 Å². The zero-order chi connectivity index (χ0) is 19.5. The monoisotopic (exact) mass is 368 g/mol. The van der Waals surface area contributed by atoms with Gasteiger partial charge in [-0.3, -0.25) is 24.7 Å². The van der Waals surface area contributed by atoms with E-state index >= 15 is 0 Å². The van der Waals surface area contributed by atoms with Crippen LogP contribution in [0.5, 0.6) is 0 Å². The summed E-state index contributed by atoms with van der Waals surface area (Å²) in [6.07, 6.45) is 3.11. The van der Waals surface area contributed by atoms with Gasteiger partial charge in [0.05, 0.1) is 18.9 Å². The highest BCUT2D eigenvalue weighted by molar-refractivity contribution is 6.04. The molecule has 8 nitrogen and oxygen atoms in total. The summed E-state index contributed by atoms with van der Waals surface area (Å²) in [5.74, 6) is -0.919. The topological polar surface area (TPSA) is 114 Å². The van der Waals surface area contributed by atoms with Crippen molar-refractivity contribution in [3.8, 4) is 0 Å². The summed E-state index contributed by atoms with van der Waals surface area (Å²) in [5.41, 5.74) is 0. The molecule has 2 atom stereocenters. The second-order valence-corrected chi connectivity index (χ2v) is 6.51. The predicted molar refractivity (Wildman–Crippen MR) is 93.7 cm³/mol. The van der Waals surface area contributed by atoms with E-state index in [4.69, 9.17) is 14.9 Å². The molecular weight excluding hydrogens is 340 g/mol. The molecule has 146 valence electrons. The van der Waals surface area contributed by atoms with E-state index in [1.54, 1.807) is 6.92 Å². The third-order valence-corrected chi connectivity index (χ3v) is 4.35. The molecule has 1 rings (SSSR count). The maximum Gasteiger partial charge on any atom is 0.258 e. The summed E-state index contributed by atoms with van der Waals surface area (Å²) in [6.45, 7) is 3.60. The number of hydrogen-bond acceptors (Lipinski definition) is 7. The van der Waals surface area contributed by atoms with Crippen molar-refractivity contribution in [2.75, 3.05) is 19.8 Å². The smallest absolute Gasteiger partial charge is 0.258 e. The zero-order valence-electron chi connectivity index (χ0n) is 15.5. The maximum absolute atomic E-state index is 12.3. The Morgan fingerprint density at radius 2 is 2.00 bits per heavy atom. The molecule has 2 amide bonds. The molecule has 0 radical (unpaired) electrons. The fraction of sp³-hybridized carbons (Fsp3) is 0.722. The number of likely N-dealkylation sites (tertiary alicyclic amines) is 1. The lowest BCUT2D eigenvalue weighted by molar-refractivity contribution is -0.142. The number of imide groups is 1. The molecule has 0 spiro atoms. The first-order valence-electron chi connectivity index (χ1n) is 8.93. The van der Waals surface area contributed by atoms with Crippen LogP contribution in [0.3, 0.4) is 0 Å². The van der Waals surface area contributed by atoms with E-state index in [2.05, 4.69) is 0 Å². The first-order chi connectivity index (χ1) is 12.4. The number of rotatable bonds is 14. The standard InChI is InChI=1S/C18H28N2O6/c1-13(21)6-4-3-5-8-20-17(23)10-16(18(20)24)26-9-7-15(14(2)22)11-25-12-19/h12,15-16,19H,3-11H2,1-2H3. The van der Waals surface area contributed by atoms with Gasteiger partial charge in [0.25, 0.3) is 5.91 Å². The van der Waals surface area contributed by atoms with Gasteiger partial charge in [-0.2, -0.15) is 0 Å². The van der Waals surface area contributed by atoms with Gasteiger partial charge in [0.1, 0.15) is 17.7 Å². The van der Waals surface area contributed by atoms with E-state index < -0.39 is 12.0 Å². The number of ketones is 2. The number of nitrogens with one attached hydrogen (secondary N) is 1. The Bertz CT molecular complexity index is 534. The zero-order valence-corrected chi connectivity index (χ0v) is 15.5. The Morgan fingerprint density at radius 1 is 1.27 bits per heavy atom. The largest absolute Gasteiger partial charge is 0.483 e. The number of Topliss-reactive ketones (excluding diaryl/α,β-unsaturated/α-hetero) is 2. The van der Waals surface area contributed by atoms with Crippen LogP contribution in [0.15, 0.2) is 0 Å². The summed E-state index contributed by atoms with van der Waals surface area (Å²) in [7, 11) is 0. The van der Waals surface area contributed by atoms with Crippen molar-refractivity contribution in [2.45, 2.75) is 58.5 Å². The molecule has 8 heteroatoms. The summed E-state index contributed by atoms with van der Waals surface area (Å²) in [4.78, 5) is 47.9. The van der Waals surface area contributed by atoms with E-state index in [0.717, 1.165) is 19.2 Å². The van der Waals surface area contributed by atoms with Crippen molar-refractivity contribution in [2.24, 2.45) is 5.92 Å². The van der Waals surface area contributed by atoms with E-state index in [-0.39, 0.29) is 43.0 Å². The van der Waals surface area contributed by atoms with Crippen LogP contribution in [0.1, 0.15) is 52.4 Å². The molecule has 0 aromatic rings. The van der Waals surface area contributed by atoms with Crippen molar-refractivity contribution in [3.05, 3.63) is 0 Å². The van der Waals surface area contributed by atoms with Gasteiger partial charge in [-0.15, -0.1) is 0 Å². The molecule has 1 saturated heterocycles. The third-order valence-electron chi connectivity index (χ3n) is 4.35. The summed E-state index contributed by atoms with van der Waals surface area (Å²) < 4.78 is 10.3. The van der Waals surface area contributed by atoms with Gasteiger partial charge >= 0.3 is 0 Å². The number of carbonyl (C=O) groups is 4. The van der Waals surface area contributed by atoms with Gasteiger partial charge in [-0.25, -0.2) is 0 Å². The molecule has 1 fully saturated rings. The highest BCUT2D eigenvalue weighted by Crippen LogP contribution is 2.18. The van der Waals surface area contributed by atoms with Crippen molar-refractivity contribution in [3.63, 3.8) is 0 Å². The lowest BCUT2D eigenvalue weighted by atomic mass is 10.0. The van der Waals surface area contributed by atoms with E-state index in [0.29, 0.717) is 25.8 Å². The van der Waals surface area contributed by atoms with Crippen LogP contribution in [0.25, 0.3) is 0 Å². The number of unbranched alkanes of at least 4 members (excludes halogenated alkanes) is 2. The van der Waals surface area contributed by atoms with E-state index in [9.17, 15) is 19.2 Å². The molecule has 0 aliphatic carbocycles. The SMILES string of the molecule is CC(=O)CCCCCN1C(=O)CC(OCCC(COC=N)C(C)=O)C1=O. The molecule has 2 unspecified atom stereocenters. The van der Waals surface area contributed by atoms with Gasteiger partial charge in [0.2, 0.25) is 5.91 Å². The summed E-state index contributed by atoms with van der Waals surface area (Å²) >= 11 is 0.